The van der Waals surface area contributed by atoms with Gasteiger partial charge in [-0.15, -0.1) is 0 Å². The molecule has 2 heterocycles. The normalized spacial score (nSPS) is 11.3. The summed E-state index contributed by atoms with van der Waals surface area (Å²) >= 11 is 0.973. The molecule has 98 valence electrons. The maximum atomic E-state index is 12.6. The molecule has 0 atom stereocenters. The van der Waals surface area contributed by atoms with Gasteiger partial charge in [0.05, 0.1) is 16.7 Å². The van der Waals surface area contributed by atoms with Gasteiger partial charge in [-0.2, -0.15) is 23.5 Å². The molecule has 2 aromatic heterocycles. The standard InChI is InChI=1S/C11H7F3N4S/c1-18-6-8(5-16-18)19-10-7(4-15)2-3-9(17-10)11(12,13)14/h2-3,5-6H,1H3. The topological polar surface area (TPSA) is 54.5 Å². The van der Waals surface area contributed by atoms with Crippen LogP contribution in [0.3, 0.4) is 0 Å². The van der Waals surface area contributed by atoms with Gasteiger partial charge in [-0.3, -0.25) is 4.68 Å². The van der Waals surface area contributed by atoms with Gasteiger partial charge in [0.1, 0.15) is 16.8 Å². The Balaban J connectivity index is 2.40. The van der Waals surface area contributed by atoms with Crippen LogP contribution in [-0.2, 0) is 13.2 Å². The van der Waals surface area contributed by atoms with Gasteiger partial charge in [0.15, 0.2) is 0 Å². The number of hydrogen-bond donors (Lipinski definition) is 0. The van der Waals surface area contributed by atoms with E-state index in [2.05, 4.69) is 10.1 Å². The van der Waals surface area contributed by atoms with E-state index in [0.29, 0.717) is 4.90 Å². The van der Waals surface area contributed by atoms with Gasteiger partial charge in [0.2, 0.25) is 0 Å². The Morgan fingerprint density at radius 2 is 2.11 bits per heavy atom. The molecule has 2 aromatic rings. The lowest BCUT2D eigenvalue weighted by Crippen LogP contribution is -2.08. The third kappa shape index (κ3) is 3.06. The van der Waals surface area contributed by atoms with Gasteiger partial charge in [0, 0.05) is 13.2 Å². The first-order valence-electron chi connectivity index (χ1n) is 5.05. The minimum absolute atomic E-state index is 0.0188. The minimum atomic E-state index is -4.53. The molecule has 0 N–H and O–H groups in total. The van der Waals surface area contributed by atoms with Crippen LogP contribution in [0, 0.1) is 11.3 Å². The zero-order valence-corrected chi connectivity index (χ0v) is 10.5. The molecule has 0 amide bonds. The van der Waals surface area contributed by atoms with Crippen LogP contribution in [0.25, 0.3) is 0 Å². The third-order valence-corrected chi connectivity index (χ3v) is 3.12. The molecular weight excluding hydrogens is 277 g/mol. The Labute approximate surface area is 110 Å². The van der Waals surface area contributed by atoms with Crippen molar-refractivity contribution in [3.8, 4) is 6.07 Å². The molecule has 0 aliphatic heterocycles. The highest BCUT2D eigenvalue weighted by Gasteiger charge is 2.33. The number of pyridine rings is 1. The van der Waals surface area contributed by atoms with Gasteiger partial charge in [-0.1, -0.05) is 11.8 Å². The average Bonchev–Trinajstić information content (AvgIpc) is 2.73. The molecule has 0 spiro atoms. The summed E-state index contributed by atoms with van der Waals surface area (Å²) in [6.07, 6.45) is -1.40. The Bertz CT molecular complexity index is 642. The van der Waals surface area contributed by atoms with E-state index in [1.54, 1.807) is 13.2 Å². The van der Waals surface area contributed by atoms with Crippen molar-refractivity contribution in [2.24, 2.45) is 7.05 Å². The Hall–Kier alpha value is -2.01. The fourth-order valence-corrected chi connectivity index (χ4v) is 2.22. The predicted molar refractivity (Wildman–Crippen MR) is 61.3 cm³/mol. The summed E-state index contributed by atoms with van der Waals surface area (Å²) in [5.74, 6) is 0. The first kappa shape index (κ1) is 13.4. The SMILES string of the molecule is Cn1cc(Sc2nc(C(F)(F)F)ccc2C#N)cn1. The highest BCUT2D eigenvalue weighted by Crippen LogP contribution is 2.33. The van der Waals surface area contributed by atoms with Crippen LogP contribution in [0.1, 0.15) is 11.3 Å². The zero-order valence-electron chi connectivity index (χ0n) is 9.64. The third-order valence-electron chi connectivity index (χ3n) is 2.17. The second kappa shape index (κ2) is 4.93. The second-order valence-corrected chi connectivity index (χ2v) is 4.67. The number of rotatable bonds is 2. The summed E-state index contributed by atoms with van der Waals surface area (Å²) in [5, 5.41) is 12.8. The number of halogens is 3. The fraction of sp³-hybridized carbons (Fsp3) is 0.182. The highest BCUT2D eigenvalue weighted by atomic mass is 32.2. The van der Waals surface area contributed by atoms with Crippen LogP contribution < -0.4 is 0 Å². The number of alkyl halides is 3. The molecule has 19 heavy (non-hydrogen) atoms. The maximum absolute atomic E-state index is 12.6. The van der Waals surface area contributed by atoms with E-state index in [1.165, 1.54) is 10.9 Å². The molecule has 0 unspecified atom stereocenters. The smallest absolute Gasteiger partial charge is 0.275 e. The van der Waals surface area contributed by atoms with E-state index in [9.17, 15) is 13.2 Å². The second-order valence-electron chi connectivity index (χ2n) is 3.61. The number of nitriles is 1. The lowest BCUT2D eigenvalue weighted by Gasteiger charge is -2.08. The number of aromatic nitrogens is 3. The van der Waals surface area contributed by atoms with E-state index in [4.69, 9.17) is 5.26 Å². The summed E-state index contributed by atoms with van der Waals surface area (Å²) in [5.41, 5.74) is -0.917. The lowest BCUT2D eigenvalue weighted by molar-refractivity contribution is -0.141. The predicted octanol–water partition coefficient (Wildman–Crippen LogP) is 2.86. The van der Waals surface area contributed by atoms with Gasteiger partial charge in [0.25, 0.3) is 0 Å². The lowest BCUT2D eigenvalue weighted by atomic mass is 10.2. The van der Waals surface area contributed by atoms with Crippen LogP contribution in [-0.4, -0.2) is 14.8 Å². The van der Waals surface area contributed by atoms with Crippen molar-refractivity contribution in [3.63, 3.8) is 0 Å². The van der Waals surface area contributed by atoms with E-state index in [-0.39, 0.29) is 10.6 Å². The Kier molecular flexibility index (Phi) is 3.48. The van der Waals surface area contributed by atoms with Gasteiger partial charge >= 0.3 is 6.18 Å². The molecule has 0 radical (unpaired) electrons. The molecule has 0 saturated heterocycles. The number of hydrogen-bond acceptors (Lipinski definition) is 4. The van der Waals surface area contributed by atoms with Crippen molar-refractivity contribution in [2.45, 2.75) is 16.1 Å². The van der Waals surface area contributed by atoms with Crippen molar-refractivity contribution >= 4 is 11.8 Å². The molecule has 0 fully saturated rings. The summed E-state index contributed by atoms with van der Waals surface area (Å²) in [6, 6.07) is 3.74. The van der Waals surface area contributed by atoms with Gasteiger partial charge in [-0.05, 0) is 12.1 Å². The number of aryl methyl sites for hydroxylation is 1. The summed E-state index contributed by atoms with van der Waals surface area (Å²) < 4.78 is 39.2. The highest BCUT2D eigenvalue weighted by molar-refractivity contribution is 7.99. The molecule has 4 nitrogen and oxygen atoms in total. The van der Waals surface area contributed by atoms with Crippen LogP contribution in [0.2, 0.25) is 0 Å². The molecule has 0 saturated carbocycles. The molecule has 0 bridgehead atoms. The Morgan fingerprint density at radius 1 is 1.37 bits per heavy atom. The summed E-state index contributed by atoms with van der Waals surface area (Å²) in [7, 11) is 1.69. The average molecular weight is 284 g/mol. The monoisotopic (exact) mass is 284 g/mol. The summed E-state index contributed by atoms with van der Waals surface area (Å²) in [6.45, 7) is 0. The maximum Gasteiger partial charge on any atom is 0.433 e. The van der Waals surface area contributed by atoms with E-state index < -0.39 is 11.9 Å². The van der Waals surface area contributed by atoms with Crippen molar-refractivity contribution in [3.05, 3.63) is 35.8 Å². The van der Waals surface area contributed by atoms with E-state index in [1.807, 2.05) is 6.07 Å². The van der Waals surface area contributed by atoms with Crippen LogP contribution in [0.15, 0.2) is 34.4 Å². The zero-order chi connectivity index (χ0) is 14.0. The van der Waals surface area contributed by atoms with Crippen LogP contribution >= 0.6 is 11.8 Å². The number of nitrogens with zero attached hydrogens (tertiary/aromatic N) is 4. The van der Waals surface area contributed by atoms with Crippen molar-refractivity contribution in [1.82, 2.24) is 14.8 Å². The molecule has 8 heteroatoms. The summed E-state index contributed by atoms with van der Waals surface area (Å²) in [4.78, 5) is 4.11. The largest absolute Gasteiger partial charge is 0.433 e. The van der Waals surface area contributed by atoms with Crippen molar-refractivity contribution in [2.75, 3.05) is 0 Å². The molecular formula is C11H7F3N4S. The van der Waals surface area contributed by atoms with Gasteiger partial charge < -0.3 is 0 Å². The van der Waals surface area contributed by atoms with Crippen LogP contribution in [0.4, 0.5) is 13.2 Å². The fourth-order valence-electron chi connectivity index (χ4n) is 1.32. The minimum Gasteiger partial charge on any atom is -0.275 e. The van der Waals surface area contributed by atoms with E-state index in [0.717, 1.165) is 23.9 Å². The molecule has 0 aliphatic rings. The quantitative estimate of drug-likeness (QED) is 0.851. The molecule has 0 aromatic carbocycles. The first-order valence-corrected chi connectivity index (χ1v) is 5.86. The molecule has 0 aliphatic carbocycles. The van der Waals surface area contributed by atoms with Gasteiger partial charge in [-0.25, -0.2) is 4.98 Å². The van der Waals surface area contributed by atoms with Crippen LogP contribution in [0.5, 0.6) is 0 Å². The molecule has 2 rings (SSSR count). The van der Waals surface area contributed by atoms with Crippen molar-refractivity contribution < 1.29 is 13.2 Å². The Morgan fingerprint density at radius 3 is 2.63 bits per heavy atom. The van der Waals surface area contributed by atoms with E-state index >= 15 is 0 Å². The first-order chi connectivity index (χ1) is 8.90. The van der Waals surface area contributed by atoms with Crippen molar-refractivity contribution in [1.29, 1.82) is 5.26 Å².